The van der Waals surface area contributed by atoms with Crippen LogP contribution in [0.25, 0.3) is 0 Å². The highest BCUT2D eigenvalue weighted by Gasteiger charge is 2.04. The van der Waals surface area contributed by atoms with E-state index >= 15 is 0 Å². The van der Waals surface area contributed by atoms with Crippen molar-refractivity contribution in [2.45, 2.75) is 0 Å². The predicted molar refractivity (Wildman–Crippen MR) is 46.3 cm³/mol. The molecular weight excluding hydrogens is 268 g/mol. The van der Waals surface area contributed by atoms with Crippen molar-refractivity contribution in [3.63, 3.8) is 0 Å². The van der Waals surface area contributed by atoms with Gasteiger partial charge in [-0.1, -0.05) is 0 Å². The van der Waals surface area contributed by atoms with Gasteiger partial charge >= 0.3 is 0 Å². The molecule has 0 bridgehead atoms. The third kappa shape index (κ3) is 1.48. The van der Waals surface area contributed by atoms with Gasteiger partial charge in [-0.15, -0.1) is 11.3 Å². The van der Waals surface area contributed by atoms with Gasteiger partial charge in [-0.05, 0) is 31.9 Å². The second-order valence-corrected chi connectivity index (χ2v) is 3.88. The molecule has 0 amide bonds. The molecule has 50 valence electrons. The van der Waals surface area contributed by atoms with Crippen LogP contribution in [-0.4, -0.2) is 7.11 Å². The summed E-state index contributed by atoms with van der Waals surface area (Å²) < 4.78 is 7.05. The normalized spacial score (nSPS) is 9.67. The second kappa shape index (κ2) is 3.03. The van der Waals surface area contributed by atoms with Gasteiger partial charge in [0, 0.05) is 9.85 Å². The highest BCUT2D eigenvalue weighted by atomic mass is 79.9. The summed E-state index contributed by atoms with van der Waals surface area (Å²) in [5.41, 5.74) is 0. The number of thiophene rings is 1. The van der Waals surface area contributed by atoms with Gasteiger partial charge in [0.1, 0.15) is 0 Å². The predicted octanol–water partition coefficient (Wildman–Crippen LogP) is 3.28. The molecule has 1 nitrogen and oxygen atoms in total. The summed E-state index contributed by atoms with van der Waals surface area (Å²) in [6.07, 6.45) is 0. The van der Waals surface area contributed by atoms with Crippen molar-refractivity contribution in [1.29, 1.82) is 0 Å². The van der Waals surface area contributed by atoms with E-state index in [0.717, 1.165) is 14.0 Å². The Morgan fingerprint density at radius 2 is 2.22 bits per heavy atom. The van der Waals surface area contributed by atoms with Crippen molar-refractivity contribution in [3.8, 4) is 5.06 Å². The monoisotopic (exact) mass is 270 g/mol. The first-order valence-corrected chi connectivity index (χ1v) is 4.68. The summed E-state index contributed by atoms with van der Waals surface area (Å²) >= 11 is 8.25. The molecule has 0 saturated carbocycles. The molecule has 0 radical (unpaired) electrons. The van der Waals surface area contributed by atoms with Crippen LogP contribution in [0.1, 0.15) is 0 Å². The lowest BCUT2D eigenvalue weighted by molar-refractivity contribution is 0.424. The molecule has 0 aliphatic heterocycles. The van der Waals surface area contributed by atoms with Crippen molar-refractivity contribution in [1.82, 2.24) is 0 Å². The summed E-state index contributed by atoms with van der Waals surface area (Å²) in [6.45, 7) is 0. The summed E-state index contributed by atoms with van der Waals surface area (Å²) in [4.78, 5) is 0. The molecule has 4 heteroatoms. The Morgan fingerprint density at radius 1 is 1.56 bits per heavy atom. The van der Waals surface area contributed by atoms with Crippen molar-refractivity contribution in [2.24, 2.45) is 0 Å². The zero-order valence-electron chi connectivity index (χ0n) is 4.65. The van der Waals surface area contributed by atoms with Gasteiger partial charge in [0.2, 0.25) is 0 Å². The number of hydrogen-bond acceptors (Lipinski definition) is 2. The number of ether oxygens (including phenoxy) is 1. The third-order valence-electron chi connectivity index (χ3n) is 0.844. The fourth-order valence-corrected chi connectivity index (χ4v) is 2.38. The third-order valence-corrected chi connectivity index (χ3v) is 4.29. The van der Waals surface area contributed by atoms with Crippen molar-refractivity contribution in [2.75, 3.05) is 7.11 Å². The van der Waals surface area contributed by atoms with E-state index in [0.29, 0.717) is 0 Å². The largest absolute Gasteiger partial charge is 0.486 e. The van der Waals surface area contributed by atoms with Crippen molar-refractivity contribution in [3.05, 3.63) is 14.3 Å². The molecule has 1 rings (SSSR count). The van der Waals surface area contributed by atoms with Gasteiger partial charge in [-0.3, -0.25) is 0 Å². The zero-order chi connectivity index (χ0) is 6.85. The Balaban J connectivity index is 3.04. The van der Waals surface area contributed by atoms with Crippen LogP contribution in [0.5, 0.6) is 5.06 Å². The van der Waals surface area contributed by atoms with Crippen LogP contribution in [-0.2, 0) is 0 Å². The lowest BCUT2D eigenvalue weighted by Gasteiger charge is -1.92. The van der Waals surface area contributed by atoms with E-state index in [1.54, 1.807) is 18.4 Å². The molecule has 0 N–H and O–H groups in total. The van der Waals surface area contributed by atoms with Gasteiger partial charge in [-0.25, -0.2) is 0 Å². The average Bonchev–Trinajstić information content (AvgIpc) is 2.15. The van der Waals surface area contributed by atoms with Crippen LogP contribution >= 0.6 is 43.2 Å². The van der Waals surface area contributed by atoms with E-state index in [1.807, 2.05) is 5.38 Å². The van der Waals surface area contributed by atoms with E-state index in [9.17, 15) is 0 Å². The highest BCUT2D eigenvalue weighted by molar-refractivity contribution is 9.13. The van der Waals surface area contributed by atoms with Crippen LogP contribution in [0.2, 0.25) is 0 Å². The number of rotatable bonds is 1. The Kier molecular flexibility index (Phi) is 2.55. The summed E-state index contributed by atoms with van der Waals surface area (Å²) in [5.74, 6) is 0. The molecule has 1 heterocycles. The summed E-state index contributed by atoms with van der Waals surface area (Å²) in [5, 5.41) is 2.88. The fourth-order valence-electron chi connectivity index (χ4n) is 0.444. The van der Waals surface area contributed by atoms with Gasteiger partial charge in [0.15, 0.2) is 5.06 Å². The van der Waals surface area contributed by atoms with Crippen LogP contribution in [0.15, 0.2) is 14.3 Å². The Bertz CT molecular complexity index is 209. The van der Waals surface area contributed by atoms with Crippen molar-refractivity contribution >= 4 is 43.2 Å². The smallest absolute Gasteiger partial charge is 0.189 e. The number of hydrogen-bond donors (Lipinski definition) is 0. The first-order valence-electron chi connectivity index (χ1n) is 2.22. The Hall–Kier alpha value is 0.460. The molecule has 1 aromatic rings. The quantitative estimate of drug-likeness (QED) is 0.762. The lowest BCUT2D eigenvalue weighted by atomic mass is 10.6. The molecular formula is C5H4Br2OS. The Morgan fingerprint density at radius 3 is 2.44 bits per heavy atom. The molecule has 0 unspecified atom stereocenters. The van der Waals surface area contributed by atoms with Gasteiger partial charge in [-0.2, -0.15) is 0 Å². The first kappa shape index (κ1) is 7.57. The minimum atomic E-state index is 0.905. The van der Waals surface area contributed by atoms with E-state index in [2.05, 4.69) is 31.9 Å². The minimum absolute atomic E-state index is 0.905. The second-order valence-electron chi connectivity index (χ2n) is 1.39. The van der Waals surface area contributed by atoms with E-state index in [4.69, 9.17) is 4.74 Å². The fraction of sp³-hybridized carbons (Fsp3) is 0.200. The van der Waals surface area contributed by atoms with Crippen LogP contribution in [0, 0.1) is 0 Å². The standard InChI is InChI=1S/C5H4Br2OS/c1-8-5-4(7)3(6)2-9-5/h2H,1H3. The topological polar surface area (TPSA) is 9.23 Å². The molecule has 0 spiro atoms. The zero-order valence-corrected chi connectivity index (χ0v) is 8.64. The number of halogens is 2. The van der Waals surface area contributed by atoms with Gasteiger partial charge < -0.3 is 4.74 Å². The van der Waals surface area contributed by atoms with E-state index < -0.39 is 0 Å². The van der Waals surface area contributed by atoms with E-state index in [-0.39, 0.29) is 0 Å². The highest BCUT2D eigenvalue weighted by Crippen LogP contribution is 2.38. The summed E-state index contributed by atoms with van der Waals surface area (Å²) in [6, 6.07) is 0. The molecule has 0 atom stereocenters. The van der Waals surface area contributed by atoms with Crippen molar-refractivity contribution < 1.29 is 4.74 Å². The SMILES string of the molecule is COc1scc(Br)c1Br. The Labute approximate surface area is 74.3 Å². The van der Waals surface area contributed by atoms with Crippen LogP contribution < -0.4 is 4.74 Å². The molecule has 0 aliphatic rings. The van der Waals surface area contributed by atoms with Gasteiger partial charge in [0.25, 0.3) is 0 Å². The lowest BCUT2D eigenvalue weighted by Crippen LogP contribution is -1.76. The molecule has 1 aromatic heterocycles. The van der Waals surface area contributed by atoms with Crippen LogP contribution in [0.3, 0.4) is 0 Å². The van der Waals surface area contributed by atoms with Crippen LogP contribution in [0.4, 0.5) is 0 Å². The molecule has 0 aromatic carbocycles. The first-order chi connectivity index (χ1) is 4.25. The molecule has 9 heavy (non-hydrogen) atoms. The number of methoxy groups -OCH3 is 1. The molecule has 0 aliphatic carbocycles. The van der Waals surface area contributed by atoms with Gasteiger partial charge in [0.05, 0.1) is 11.6 Å². The maximum atomic E-state index is 5.01. The molecule has 0 saturated heterocycles. The maximum absolute atomic E-state index is 5.01. The average molecular weight is 272 g/mol. The molecule has 0 fully saturated rings. The maximum Gasteiger partial charge on any atom is 0.189 e. The minimum Gasteiger partial charge on any atom is -0.486 e. The summed E-state index contributed by atoms with van der Waals surface area (Å²) in [7, 11) is 1.66. The van der Waals surface area contributed by atoms with E-state index in [1.165, 1.54) is 0 Å².